The number of hydrogen-bond donors (Lipinski definition) is 1. The summed E-state index contributed by atoms with van der Waals surface area (Å²) in [6.07, 6.45) is 0. The second kappa shape index (κ2) is 6.31. The van der Waals surface area contributed by atoms with Gasteiger partial charge in [-0.2, -0.15) is 11.8 Å². The van der Waals surface area contributed by atoms with E-state index in [2.05, 4.69) is 52.2 Å². The molecule has 1 atom stereocenters. The Kier molecular flexibility index (Phi) is 5.36. The molecule has 0 aliphatic heterocycles. The molecule has 0 saturated carbocycles. The van der Waals surface area contributed by atoms with E-state index in [0.29, 0.717) is 6.04 Å². The number of thioether (sulfide) groups is 1. The zero-order chi connectivity index (χ0) is 12.1. The van der Waals surface area contributed by atoms with Crippen molar-refractivity contribution in [3.63, 3.8) is 0 Å². The van der Waals surface area contributed by atoms with E-state index in [1.165, 1.54) is 28.0 Å². The molecular weight excluding hydrogens is 214 g/mol. The maximum atomic E-state index is 3.42. The Morgan fingerprint density at radius 1 is 1.12 bits per heavy atom. The summed E-state index contributed by atoms with van der Waals surface area (Å²) in [7, 11) is 2.05. The van der Waals surface area contributed by atoms with Crippen LogP contribution in [0.2, 0.25) is 0 Å². The minimum atomic E-state index is 0.476. The largest absolute Gasteiger partial charge is 0.312 e. The van der Waals surface area contributed by atoms with Gasteiger partial charge in [0.15, 0.2) is 0 Å². The van der Waals surface area contributed by atoms with Gasteiger partial charge in [-0.3, -0.25) is 0 Å². The molecule has 0 heterocycles. The van der Waals surface area contributed by atoms with Crippen LogP contribution in [0, 0.1) is 20.8 Å². The fourth-order valence-corrected chi connectivity index (χ4v) is 2.74. The third-order valence-electron chi connectivity index (χ3n) is 3.09. The summed E-state index contributed by atoms with van der Waals surface area (Å²) in [5.74, 6) is 2.33. The molecule has 0 amide bonds. The predicted octanol–water partition coefficient (Wildman–Crippen LogP) is 3.63. The fraction of sp³-hybridized carbons (Fsp3) is 0.571. The average molecular weight is 237 g/mol. The van der Waals surface area contributed by atoms with Crippen LogP contribution in [0.4, 0.5) is 0 Å². The summed E-state index contributed by atoms with van der Waals surface area (Å²) >= 11 is 1.99. The van der Waals surface area contributed by atoms with Crippen LogP contribution in [0.1, 0.15) is 35.2 Å². The normalized spacial score (nSPS) is 12.8. The lowest BCUT2D eigenvalue weighted by Crippen LogP contribution is -2.20. The van der Waals surface area contributed by atoms with E-state index < -0.39 is 0 Å². The van der Waals surface area contributed by atoms with E-state index in [1.54, 1.807) is 0 Å². The van der Waals surface area contributed by atoms with Crippen molar-refractivity contribution >= 4 is 11.8 Å². The molecule has 0 aliphatic rings. The van der Waals surface area contributed by atoms with Crippen LogP contribution >= 0.6 is 11.8 Å². The van der Waals surface area contributed by atoms with Gasteiger partial charge in [0, 0.05) is 11.8 Å². The molecule has 0 bridgehead atoms. The van der Waals surface area contributed by atoms with Crippen molar-refractivity contribution in [2.24, 2.45) is 0 Å². The second-order valence-corrected chi connectivity index (χ2v) is 5.61. The molecule has 1 aromatic carbocycles. The van der Waals surface area contributed by atoms with Gasteiger partial charge in [-0.15, -0.1) is 0 Å². The number of hydrogen-bond acceptors (Lipinski definition) is 2. The molecule has 1 aromatic rings. The first-order chi connectivity index (χ1) is 7.60. The molecule has 0 radical (unpaired) electrons. The summed E-state index contributed by atoms with van der Waals surface area (Å²) in [6.45, 7) is 8.80. The lowest BCUT2D eigenvalue weighted by Gasteiger charge is -2.20. The van der Waals surface area contributed by atoms with E-state index in [9.17, 15) is 0 Å². The summed E-state index contributed by atoms with van der Waals surface area (Å²) < 4.78 is 0. The molecule has 1 nitrogen and oxygen atoms in total. The van der Waals surface area contributed by atoms with Crippen molar-refractivity contribution in [2.75, 3.05) is 18.6 Å². The van der Waals surface area contributed by atoms with E-state index in [1.807, 2.05) is 11.8 Å². The van der Waals surface area contributed by atoms with E-state index in [4.69, 9.17) is 0 Å². The third-order valence-corrected chi connectivity index (χ3v) is 4.07. The molecule has 0 spiro atoms. The Bertz CT molecular complexity index is 347. The molecular formula is C14H23NS. The molecule has 90 valence electrons. The van der Waals surface area contributed by atoms with Crippen LogP contribution in [0.15, 0.2) is 12.1 Å². The van der Waals surface area contributed by atoms with Gasteiger partial charge in [-0.1, -0.05) is 19.1 Å². The molecule has 0 aliphatic carbocycles. The van der Waals surface area contributed by atoms with Crippen molar-refractivity contribution in [3.05, 3.63) is 34.4 Å². The monoisotopic (exact) mass is 237 g/mol. The molecule has 0 saturated heterocycles. The summed E-state index contributed by atoms with van der Waals surface area (Å²) in [5.41, 5.74) is 5.63. The van der Waals surface area contributed by atoms with Crippen LogP contribution in [-0.2, 0) is 0 Å². The number of aryl methyl sites for hydroxylation is 3. The zero-order valence-electron chi connectivity index (χ0n) is 11.1. The molecule has 0 aromatic heterocycles. The fourth-order valence-electron chi connectivity index (χ4n) is 1.92. The van der Waals surface area contributed by atoms with Crippen LogP contribution in [-0.4, -0.2) is 18.6 Å². The van der Waals surface area contributed by atoms with Gasteiger partial charge in [-0.25, -0.2) is 0 Å². The highest BCUT2D eigenvalue weighted by molar-refractivity contribution is 7.99. The molecule has 0 fully saturated rings. The highest BCUT2D eigenvalue weighted by Crippen LogP contribution is 2.24. The van der Waals surface area contributed by atoms with Gasteiger partial charge in [0.1, 0.15) is 0 Å². The van der Waals surface area contributed by atoms with Gasteiger partial charge in [0.2, 0.25) is 0 Å². The van der Waals surface area contributed by atoms with Crippen molar-refractivity contribution in [1.29, 1.82) is 0 Å². The quantitative estimate of drug-likeness (QED) is 0.839. The van der Waals surface area contributed by atoms with E-state index in [-0.39, 0.29) is 0 Å². The summed E-state index contributed by atoms with van der Waals surface area (Å²) in [5, 5.41) is 3.42. The number of nitrogens with one attached hydrogen (secondary N) is 1. The first-order valence-electron chi connectivity index (χ1n) is 5.92. The second-order valence-electron chi connectivity index (χ2n) is 4.29. The van der Waals surface area contributed by atoms with Crippen LogP contribution < -0.4 is 5.32 Å². The Hall–Kier alpha value is -0.470. The first kappa shape index (κ1) is 13.6. The molecule has 1 rings (SSSR count). The zero-order valence-corrected chi connectivity index (χ0v) is 11.9. The molecule has 16 heavy (non-hydrogen) atoms. The molecule has 1 N–H and O–H groups in total. The van der Waals surface area contributed by atoms with Crippen molar-refractivity contribution in [2.45, 2.75) is 33.7 Å². The standard InChI is InChI=1S/C14H23NS/c1-6-16-9-14(15-5)13-8-11(3)10(2)7-12(13)4/h7-8,14-15H,6,9H2,1-5H3. The molecule has 1 unspecified atom stereocenters. The maximum Gasteiger partial charge on any atom is 0.0412 e. The predicted molar refractivity (Wildman–Crippen MR) is 75.5 cm³/mol. The van der Waals surface area contributed by atoms with Crippen LogP contribution in [0.3, 0.4) is 0 Å². The summed E-state index contributed by atoms with van der Waals surface area (Å²) in [4.78, 5) is 0. The van der Waals surface area contributed by atoms with Gasteiger partial charge < -0.3 is 5.32 Å². The Morgan fingerprint density at radius 2 is 1.75 bits per heavy atom. The number of rotatable bonds is 5. The van der Waals surface area contributed by atoms with Crippen molar-refractivity contribution in [3.8, 4) is 0 Å². The van der Waals surface area contributed by atoms with Crippen LogP contribution in [0.25, 0.3) is 0 Å². The van der Waals surface area contributed by atoms with Crippen molar-refractivity contribution in [1.82, 2.24) is 5.32 Å². The van der Waals surface area contributed by atoms with Gasteiger partial charge in [0.05, 0.1) is 0 Å². The van der Waals surface area contributed by atoms with Gasteiger partial charge >= 0.3 is 0 Å². The first-order valence-corrected chi connectivity index (χ1v) is 7.08. The highest BCUT2D eigenvalue weighted by atomic mass is 32.2. The lowest BCUT2D eigenvalue weighted by atomic mass is 9.96. The van der Waals surface area contributed by atoms with Crippen molar-refractivity contribution < 1.29 is 0 Å². The lowest BCUT2D eigenvalue weighted by molar-refractivity contribution is 0.657. The van der Waals surface area contributed by atoms with E-state index in [0.717, 1.165) is 5.75 Å². The smallest absolute Gasteiger partial charge is 0.0412 e. The van der Waals surface area contributed by atoms with Crippen LogP contribution in [0.5, 0.6) is 0 Å². The van der Waals surface area contributed by atoms with Gasteiger partial charge in [0.25, 0.3) is 0 Å². The van der Waals surface area contributed by atoms with E-state index >= 15 is 0 Å². The number of benzene rings is 1. The maximum absolute atomic E-state index is 3.42. The third kappa shape index (κ3) is 3.26. The Morgan fingerprint density at radius 3 is 2.31 bits per heavy atom. The van der Waals surface area contributed by atoms with Gasteiger partial charge in [-0.05, 0) is 55.8 Å². The summed E-state index contributed by atoms with van der Waals surface area (Å²) in [6, 6.07) is 5.11. The molecule has 2 heteroatoms. The Labute approximate surface area is 104 Å². The average Bonchev–Trinajstić information content (AvgIpc) is 2.26. The minimum Gasteiger partial charge on any atom is -0.312 e. The minimum absolute atomic E-state index is 0.476. The Balaban J connectivity index is 2.95. The topological polar surface area (TPSA) is 12.0 Å². The SMILES string of the molecule is CCSCC(NC)c1cc(C)c(C)cc1C. The highest BCUT2D eigenvalue weighted by Gasteiger charge is 2.12.